The number of anilines is 2. The lowest BCUT2D eigenvalue weighted by Crippen LogP contribution is -2.22. The SMILES string of the molecule is O=C1C=Cc2cccc(S(=O)(=O)O)c2/C1=N/Nc1ccc(-c2ccc(N/N=C3\C(=O)C=Cc4cccc(S(=O)(=O)O)c43)cc2)cc1. The molecule has 0 radical (unpaired) electrons. The second-order valence-corrected chi connectivity index (χ2v) is 12.9. The fourth-order valence-electron chi connectivity index (χ4n) is 4.98. The number of rotatable bonds is 7. The number of carbonyl (C=O) groups excluding carboxylic acids is 2. The second-order valence-electron chi connectivity index (χ2n) is 10.1. The minimum atomic E-state index is -4.61. The number of carbonyl (C=O) groups is 2. The minimum Gasteiger partial charge on any atom is -0.287 e. The van der Waals surface area contributed by atoms with Crippen LogP contribution in [0.15, 0.2) is 117 Å². The summed E-state index contributed by atoms with van der Waals surface area (Å²) in [6.45, 7) is 0. The number of nitrogens with one attached hydrogen (secondary N) is 2. The molecular formula is C32H22N4O8S2. The van der Waals surface area contributed by atoms with E-state index in [1.54, 1.807) is 60.7 Å². The summed E-state index contributed by atoms with van der Waals surface area (Å²) in [4.78, 5) is 24.3. The van der Waals surface area contributed by atoms with Crippen molar-refractivity contribution in [3.05, 3.63) is 119 Å². The molecule has 2 aliphatic rings. The third kappa shape index (κ3) is 6.05. The van der Waals surface area contributed by atoms with E-state index in [0.717, 1.165) is 11.1 Å². The van der Waals surface area contributed by atoms with Crippen LogP contribution in [0.5, 0.6) is 0 Å². The van der Waals surface area contributed by atoms with Crippen LogP contribution in [0, 0.1) is 0 Å². The Morgan fingerprint density at radius 1 is 0.500 bits per heavy atom. The van der Waals surface area contributed by atoms with Gasteiger partial charge in [0, 0.05) is 11.1 Å². The molecule has 0 fully saturated rings. The standard InChI is InChI=1S/C32H22N4O8S2/c37-25-17-11-21-3-1-5-27(45(39,40)41)29(21)31(25)35-33-23-13-7-19(8-14-23)20-9-15-24(16-10-20)34-36-32-26(38)18-12-22-4-2-6-28(30(22)32)46(42,43)44/h1-18,33-34H,(H,39,40,41)(H,42,43,44)/b35-31+,36-32+. The third-order valence-electron chi connectivity index (χ3n) is 7.14. The minimum absolute atomic E-state index is 0.00727. The molecule has 4 aromatic rings. The van der Waals surface area contributed by atoms with Gasteiger partial charge in [0.25, 0.3) is 20.2 Å². The molecule has 0 spiro atoms. The first kappa shape index (κ1) is 30.5. The maximum atomic E-state index is 12.6. The zero-order valence-corrected chi connectivity index (χ0v) is 25.1. The van der Waals surface area contributed by atoms with Crippen molar-refractivity contribution in [2.45, 2.75) is 9.79 Å². The molecule has 4 aromatic carbocycles. The molecule has 0 bridgehead atoms. The summed E-state index contributed by atoms with van der Waals surface area (Å²) in [6.07, 6.45) is 5.45. The Labute approximate surface area is 263 Å². The number of hydrogen-bond donors (Lipinski definition) is 4. The number of fused-ring (bicyclic) bond motifs is 2. The van der Waals surface area contributed by atoms with Crippen LogP contribution in [0.25, 0.3) is 23.3 Å². The Balaban J connectivity index is 1.19. The highest BCUT2D eigenvalue weighted by molar-refractivity contribution is 7.86. The molecule has 0 unspecified atom stereocenters. The van der Waals surface area contributed by atoms with Crippen molar-refractivity contribution in [3.8, 4) is 11.1 Å². The number of hydrazone groups is 2. The van der Waals surface area contributed by atoms with Crippen LogP contribution in [0.1, 0.15) is 22.3 Å². The molecule has 0 aliphatic heterocycles. The topological polar surface area (TPSA) is 192 Å². The predicted octanol–water partition coefficient (Wildman–Crippen LogP) is 4.67. The number of ketones is 2. The Hall–Kier alpha value is -5.54. The summed E-state index contributed by atoms with van der Waals surface area (Å²) in [5.41, 5.74) is 8.74. The van der Waals surface area contributed by atoms with Crippen LogP contribution < -0.4 is 10.9 Å². The fraction of sp³-hybridized carbons (Fsp3) is 0. The summed E-state index contributed by atoms with van der Waals surface area (Å²) in [5, 5.41) is 8.31. The van der Waals surface area contributed by atoms with Gasteiger partial charge in [-0.05, 0) is 70.8 Å². The maximum absolute atomic E-state index is 12.6. The lowest BCUT2D eigenvalue weighted by atomic mass is 9.95. The molecule has 0 heterocycles. The molecule has 0 saturated heterocycles. The van der Waals surface area contributed by atoms with E-state index in [1.807, 2.05) is 0 Å². The molecule has 0 amide bonds. The quantitative estimate of drug-likeness (QED) is 0.161. The van der Waals surface area contributed by atoms with Crippen molar-refractivity contribution < 1.29 is 35.5 Å². The molecule has 6 rings (SSSR count). The van der Waals surface area contributed by atoms with Crippen molar-refractivity contribution >= 4 is 66.8 Å². The van der Waals surface area contributed by atoms with Gasteiger partial charge in [0.15, 0.2) is 0 Å². The number of benzene rings is 4. The van der Waals surface area contributed by atoms with Gasteiger partial charge in [-0.15, -0.1) is 0 Å². The summed E-state index contributed by atoms with van der Waals surface area (Å²) in [5.74, 6) is -1.06. The van der Waals surface area contributed by atoms with Crippen LogP contribution in [0.3, 0.4) is 0 Å². The van der Waals surface area contributed by atoms with Gasteiger partial charge in [0.1, 0.15) is 21.2 Å². The van der Waals surface area contributed by atoms with E-state index in [1.165, 1.54) is 48.6 Å². The fourth-order valence-corrected chi connectivity index (χ4v) is 6.43. The van der Waals surface area contributed by atoms with E-state index >= 15 is 0 Å². The molecule has 14 heteroatoms. The highest BCUT2D eigenvalue weighted by Gasteiger charge is 2.28. The molecule has 0 aromatic heterocycles. The van der Waals surface area contributed by atoms with E-state index in [-0.39, 0.29) is 22.6 Å². The zero-order valence-electron chi connectivity index (χ0n) is 23.4. The van der Waals surface area contributed by atoms with Crippen molar-refractivity contribution in [1.82, 2.24) is 0 Å². The van der Waals surface area contributed by atoms with Gasteiger partial charge >= 0.3 is 0 Å². The van der Waals surface area contributed by atoms with E-state index in [9.17, 15) is 35.5 Å². The van der Waals surface area contributed by atoms with Gasteiger partial charge in [-0.25, -0.2) is 0 Å². The highest BCUT2D eigenvalue weighted by Crippen LogP contribution is 2.28. The first-order valence-corrected chi connectivity index (χ1v) is 16.3. The van der Waals surface area contributed by atoms with Gasteiger partial charge in [-0.3, -0.25) is 29.5 Å². The largest absolute Gasteiger partial charge is 0.295 e. The van der Waals surface area contributed by atoms with Crippen LogP contribution in [0.2, 0.25) is 0 Å². The Kier molecular flexibility index (Phi) is 7.79. The number of hydrogen-bond acceptors (Lipinski definition) is 10. The van der Waals surface area contributed by atoms with Crippen molar-refractivity contribution in [2.75, 3.05) is 10.9 Å². The number of nitrogens with zero attached hydrogens (tertiary/aromatic N) is 2. The predicted molar refractivity (Wildman–Crippen MR) is 173 cm³/mol. The molecule has 4 N–H and O–H groups in total. The van der Waals surface area contributed by atoms with Crippen LogP contribution in [-0.4, -0.2) is 48.9 Å². The van der Waals surface area contributed by atoms with Gasteiger partial charge in [-0.2, -0.15) is 27.0 Å². The molecule has 46 heavy (non-hydrogen) atoms. The average Bonchev–Trinajstić information content (AvgIpc) is 3.03. The molecule has 0 saturated carbocycles. The molecule has 0 atom stereocenters. The first-order valence-electron chi connectivity index (χ1n) is 13.4. The highest BCUT2D eigenvalue weighted by atomic mass is 32.2. The van der Waals surface area contributed by atoms with E-state index in [4.69, 9.17) is 0 Å². The van der Waals surface area contributed by atoms with Crippen LogP contribution in [-0.2, 0) is 29.8 Å². The smallest absolute Gasteiger partial charge is 0.287 e. The van der Waals surface area contributed by atoms with Gasteiger partial charge in [-0.1, -0.05) is 60.7 Å². The Morgan fingerprint density at radius 3 is 1.22 bits per heavy atom. The Bertz CT molecular complexity index is 2110. The van der Waals surface area contributed by atoms with E-state index < -0.39 is 41.6 Å². The van der Waals surface area contributed by atoms with Gasteiger partial charge in [0.2, 0.25) is 11.6 Å². The van der Waals surface area contributed by atoms with E-state index in [0.29, 0.717) is 22.5 Å². The summed E-state index contributed by atoms with van der Waals surface area (Å²) in [7, 11) is -9.22. The third-order valence-corrected chi connectivity index (χ3v) is 8.93. The zero-order chi connectivity index (χ0) is 32.6. The lowest BCUT2D eigenvalue weighted by Gasteiger charge is -2.15. The molecule has 230 valence electrons. The summed E-state index contributed by atoms with van der Waals surface area (Å²) >= 11 is 0. The molecule has 12 nitrogen and oxygen atoms in total. The van der Waals surface area contributed by atoms with Gasteiger partial charge in [0.05, 0.1) is 11.4 Å². The second kappa shape index (κ2) is 11.8. The van der Waals surface area contributed by atoms with Crippen LogP contribution in [0.4, 0.5) is 11.4 Å². The summed E-state index contributed by atoms with van der Waals surface area (Å²) in [6, 6.07) is 22.6. The average molecular weight is 655 g/mol. The first-order chi connectivity index (χ1) is 21.9. The molecular weight excluding hydrogens is 633 g/mol. The maximum Gasteiger partial charge on any atom is 0.295 e. The van der Waals surface area contributed by atoms with Gasteiger partial charge < -0.3 is 0 Å². The van der Waals surface area contributed by atoms with Crippen LogP contribution >= 0.6 is 0 Å². The Morgan fingerprint density at radius 2 is 0.870 bits per heavy atom. The van der Waals surface area contributed by atoms with Crippen molar-refractivity contribution in [3.63, 3.8) is 0 Å². The normalized spacial score (nSPS) is 16.0. The number of allylic oxidation sites excluding steroid dienone is 2. The van der Waals surface area contributed by atoms with E-state index in [2.05, 4.69) is 21.1 Å². The monoisotopic (exact) mass is 654 g/mol. The van der Waals surface area contributed by atoms with Crippen molar-refractivity contribution in [1.29, 1.82) is 0 Å². The summed E-state index contributed by atoms with van der Waals surface area (Å²) < 4.78 is 67.0. The molecule has 2 aliphatic carbocycles. The van der Waals surface area contributed by atoms with Crippen molar-refractivity contribution in [2.24, 2.45) is 10.2 Å². The lowest BCUT2D eigenvalue weighted by molar-refractivity contribution is -0.109.